The number of nitrogens with one attached hydrogen (secondary N) is 1. The fraction of sp³-hybridized carbons (Fsp3) is 0.333. The van der Waals surface area contributed by atoms with Gasteiger partial charge in [-0.15, -0.1) is 21.5 Å². The summed E-state index contributed by atoms with van der Waals surface area (Å²) >= 11 is 2.79. The van der Waals surface area contributed by atoms with Crippen LogP contribution in [0.3, 0.4) is 0 Å². The van der Waals surface area contributed by atoms with E-state index in [1.165, 1.54) is 34.0 Å². The van der Waals surface area contributed by atoms with Gasteiger partial charge in [0.2, 0.25) is 5.91 Å². The predicted molar refractivity (Wildman–Crippen MR) is 114 cm³/mol. The van der Waals surface area contributed by atoms with Gasteiger partial charge in [-0.2, -0.15) is 5.26 Å². The molecule has 1 amide bonds. The zero-order valence-corrected chi connectivity index (χ0v) is 17.7. The highest BCUT2D eigenvalue weighted by Crippen LogP contribution is 2.42. The van der Waals surface area contributed by atoms with E-state index in [4.69, 9.17) is 0 Å². The fourth-order valence-corrected chi connectivity index (χ4v) is 5.83. The molecule has 1 saturated carbocycles. The molecule has 3 aromatic rings. The van der Waals surface area contributed by atoms with Crippen LogP contribution in [0.2, 0.25) is 0 Å². The van der Waals surface area contributed by atoms with E-state index in [1.54, 1.807) is 18.2 Å². The van der Waals surface area contributed by atoms with Gasteiger partial charge in [-0.05, 0) is 49.8 Å². The fourth-order valence-electron chi connectivity index (χ4n) is 3.77. The Kier molecular flexibility index (Phi) is 5.05. The highest BCUT2D eigenvalue weighted by Gasteiger charge is 2.31. The van der Waals surface area contributed by atoms with Gasteiger partial charge in [0.15, 0.2) is 11.0 Å². The number of anilines is 1. The summed E-state index contributed by atoms with van der Waals surface area (Å²) < 4.78 is 16.2. The van der Waals surface area contributed by atoms with Gasteiger partial charge in [0.25, 0.3) is 0 Å². The number of aromatic nitrogens is 3. The molecule has 0 bridgehead atoms. The molecule has 0 radical (unpaired) electrons. The highest BCUT2D eigenvalue weighted by atomic mass is 32.2. The molecule has 30 heavy (non-hydrogen) atoms. The third-order valence-corrected chi connectivity index (χ3v) is 7.46. The second-order valence-corrected chi connectivity index (χ2v) is 9.44. The van der Waals surface area contributed by atoms with Crippen molar-refractivity contribution in [1.29, 1.82) is 5.26 Å². The maximum atomic E-state index is 14.3. The number of carbonyl (C=O) groups is 1. The van der Waals surface area contributed by atoms with Gasteiger partial charge in [0.1, 0.15) is 16.9 Å². The molecular weight excluding hydrogens is 421 g/mol. The lowest BCUT2D eigenvalue weighted by atomic mass is 10.1. The summed E-state index contributed by atoms with van der Waals surface area (Å²) in [4.78, 5) is 13.8. The summed E-state index contributed by atoms with van der Waals surface area (Å²) in [6, 6.07) is 9.00. The molecule has 1 aromatic carbocycles. The van der Waals surface area contributed by atoms with Gasteiger partial charge in [0, 0.05) is 10.9 Å². The first-order chi connectivity index (χ1) is 14.7. The Balaban J connectivity index is 1.32. The number of thiophene rings is 1. The molecule has 6 nitrogen and oxygen atoms in total. The number of hydrogen-bond acceptors (Lipinski definition) is 6. The van der Waals surface area contributed by atoms with Crippen LogP contribution in [-0.4, -0.2) is 26.4 Å². The zero-order chi connectivity index (χ0) is 20.7. The molecule has 2 heterocycles. The van der Waals surface area contributed by atoms with Crippen molar-refractivity contribution in [3.05, 3.63) is 46.1 Å². The third-order valence-electron chi connectivity index (χ3n) is 5.31. The normalized spacial score (nSPS) is 15.1. The Hall–Kier alpha value is -2.70. The molecule has 1 N–H and O–H groups in total. The molecule has 152 valence electrons. The molecule has 9 heteroatoms. The minimum absolute atomic E-state index is 0.148. The average molecular weight is 440 g/mol. The van der Waals surface area contributed by atoms with Gasteiger partial charge in [-0.3, -0.25) is 9.36 Å². The number of nitriles is 1. The van der Waals surface area contributed by atoms with Gasteiger partial charge in [0.05, 0.1) is 16.9 Å². The summed E-state index contributed by atoms with van der Waals surface area (Å²) in [5.74, 6) is 0.125. The van der Waals surface area contributed by atoms with Crippen LogP contribution in [0.15, 0.2) is 29.4 Å². The summed E-state index contributed by atoms with van der Waals surface area (Å²) in [7, 11) is 0. The van der Waals surface area contributed by atoms with E-state index in [0.717, 1.165) is 37.7 Å². The van der Waals surface area contributed by atoms with Crippen LogP contribution >= 0.6 is 23.1 Å². The number of carbonyl (C=O) groups excluding carboxylic acids is 1. The zero-order valence-electron chi connectivity index (χ0n) is 16.0. The topological polar surface area (TPSA) is 83.6 Å². The first kappa shape index (κ1) is 19.3. The van der Waals surface area contributed by atoms with Crippen molar-refractivity contribution in [2.75, 3.05) is 11.1 Å². The summed E-state index contributed by atoms with van der Waals surface area (Å²) in [6.45, 7) is 0. The van der Waals surface area contributed by atoms with Crippen LogP contribution in [0.5, 0.6) is 0 Å². The number of benzene rings is 1. The molecule has 2 aromatic heterocycles. The maximum Gasteiger partial charge on any atom is 0.235 e. The second kappa shape index (κ2) is 7.85. The molecule has 1 fully saturated rings. The largest absolute Gasteiger partial charge is 0.316 e. The molecule has 2 aliphatic rings. The van der Waals surface area contributed by atoms with Gasteiger partial charge in [-0.25, -0.2) is 4.39 Å². The van der Waals surface area contributed by atoms with Crippen LogP contribution in [0.1, 0.15) is 41.3 Å². The quantitative estimate of drug-likeness (QED) is 0.569. The van der Waals surface area contributed by atoms with Crippen molar-refractivity contribution in [2.24, 2.45) is 0 Å². The lowest BCUT2D eigenvalue weighted by molar-refractivity contribution is -0.113. The number of halogens is 1. The van der Waals surface area contributed by atoms with E-state index < -0.39 is 0 Å². The molecule has 0 aliphatic heterocycles. The molecule has 0 spiro atoms. The Morgan fingerprint density at radius 1 is 1.33 bits per heavy atom. The van der Waals surface area contributed by atoms with Crippen LogP contribution in [0, 0.1) is 17.1 Å². The third kappa shape index (κ3) is 3.50. The Morgan fingerprint density at radius 2 is 2.17 bits per heavy atom. The predicted octanol–water partition coefficient (Wildman–Crippen LogP) is 4.57. The number of aryl methyl sites for hydroxylation is 1. The van der Waals surface area contributed by atoms with E-state index in [-0.39, 0.29) is 23.5 Å². The average Bonchev–Trinajstić information content (AvgIpc) is 3.18. The molecular formula is C21H18FN5OS2. The lowest BCUT2D eigenvalue weighted by Crippen LogP contribution is -2.14. The van der Waals surface area contributed by atoms with Crippen LogP contribution in [0.25, 0.3) is 11.4 Å². The monoisotopic (exact) mass is 439 g/mol. The second-order valence-electron chi connectivity index (χ2n) is 7.40. The number of amides is 1. The number of hydrogen-bond donors (Lipinski definition) is 1. The molecule has 5 rings (SSSR count). The molecule has 0 saturated heterocycles. The first-order valence-corrected chi connectivity index (χ1v) is 11.6. The van der Waals surface area contributed by atoms with Gasteiger partial charge >= 0.3 is 0 Å². The number of fused-ring (bicyclic) bond motifs is 1. The minimum Gasteiger partial charge on any atom is -0.316 e. The molecule has 0 atom stereocenters. The van der Waals surface area contributed by atoms with E-state index in [1.807, 2.05) is 4.57 Å². The first-order valence-electron chi connectivity index (χ1n) is 9.82. The highest BCUT2D eigenvalue weighted by molar-refractivity contribution is 7.99. The van der Waals surface area contributed by atoms with Crippen LogP contribution in [0.4, 0.5) is 9.39 Å². The Labute approximate surface area is 181 Å². The summed E-state index contributed by atoms with van der Waals surface area (Å²) in [6.07, 6.45) is 4.93. The van der Waals surface area contributed by atoms with Crippen molar-refractivity contribution < 1.29 is 9.18 Å². The van der Waals surface area contributed by atoms with E-state index in [2.05, 4.69) is 21.6 Å². The van der Waals surface area contributed by atoms with Crippen molar-refractivity contribution in [2.45, 2.75) is 43.3 Å². The minimum atomic E-state index is -0.337. The number of thioether (sulfide) groups is 1. The van der Waals surface area contributed by atoms with E-state index >= 15 is 0 Å². The molecule has 0 unspecified atom stereocenters. The van der Waals surface area contributed by atoms with Crippen molar-refractivity contribution >= 4 is 34.0 Å². The number of rotatable bonds is 6. The Morgan fingerprint density at radius 3 is 2.93 bits per heavy atom. The van der Waals surface area contributed by atoms with Crippen molar-refractivity contribution in [3.63, 3.8) is 0 Å². The smallest absolute Gasteiger partial charge is 0.235 e. The van der Waals surface area contributed by atoms with E-state index in [9.17, 15) is 14.4 Å². The molecule has 2 aliphatic carbocycles. The standard InChI is InChI=1S/C21H18FN5OS2/c22-16-6-2-1-4-14(16)19-25-26-21(27(19)12-8-9-12)29-11-18(28)24-20-15(10-23)13-5-3-7-17(13)30-20/h1-2,4,6,12H,3,5,7-9,11H2,(H,24,28). The van der Waals surface area contributed by atoms with Gasteiger partial charge < -0.3 is 5.32 Å². The summed E-state index contributed by atoms with van der Waals surface area (Å²) in [5.41, 5.74) is 2.11. The SMILES string of the molecule is N#Cc1c(NC(=O)CSc2nnc(-c3ccccc3F)n2C2CC2)sc2c1CCC2. The van der Waals surface area contributed by atoms with Crippen LogP contribution < -0.4 is 5.32 Å². The Bertz CT molecular complexity index is 1170. The van der Waals surface area contributed by atoms with E-state index in [0.29, 0.717) is 27.1 Å². The van der Waals surface area contributed by atoms with Crippen molar-refractivity contribution in [1.82, 2.24) is 14.8 Å². The van der Waals surface area contributed by atoms with Crippen molar-refractivity contribution in [3.8, 4) is 17.5 Å². The van der Waals surface area contributed by atoms with Crippen LogP contribution in [-0.2, 0) is 17.6 Å². The number of nitrogens with zero attached hydrogens (tertiary/aromatic N) is 4. The lowest BCUT2D eigenvalue weighted by Gasteiger charge is -2.09. The van der Waals surface area contributed by atoms with Gasteiger partial charge in [-0.1, -0.05) is 23.9 Å². The summed E-state index contributed by atoms with van der Waals surface area (Å²) in [5, 5.41) is 22.1. The maximum absolute atomic E-state index is 14.3.